The summed E-state index contributed by atoms with van der Waals surface area (Å²) in [6, 6.07) is 59.0. The van der Waals surface area contributed by atoms with Crippen LogP contribution in [0.5, 0.6) is 5.75 Å². The Balaban J connectivity index is 1.11. The zero-order valence-electron chi connectivity index (χ0n) is 27.0. The fourth-order valence-electron chi connectivity index (χ4n) is 7.28. The molecule has 0 atom stereocenters. The van der Waals surface area contributed by atoms with Gasteiger partial charge in [-0.15, -0.1) is 0 Å². The molecule has 0 saturated carbocycles. The van der Waals surface area contributed by atoms with Crippen molar-refractivity contribution in [2.45, 2.75) is 20.0 Å². The molecule has 0 radical (unpaired) electrons. The van der Waals surface area contributed by atoms with Crippen LogP contribution in [0.25, 0.3) is 77.2 Å². The van der Waals surface area contributed by atoms with E-state index < -0.39 is 0 Å². The summed E-state index contributed by atoms with van der Waals surface area (Å²) < 4.78 is 11.0. The Morgan fingerprint density at radius 1 is 0.375 bits per heavy atom. The minimum Gasteiger partial charge on any atom is -0.491 e. The molecule has 9 aromatic rings. The predicted octanol–water partition coefficient (Wildman–Crippen LogP) is 12.0. The third-order valence-electron chi connectivity index (χ3n) is 9.36. The molecular formula is C45H34N2O. The average Bonchev–Trinajstić information content (AvgIpc) is 3.65. The number of hydrogen-bond acceptors (Lipinski definition) is 1. The van der Waals surface area contributed by atoms with Crippen LogP contribution in [0.2, 0.25) is 0 Å². The molecule has 0 aliphatic carbocycles. The molecule has 0 unspecified atom stereocenters. The first-order valence-corrected chi connectivity index (χ1v) is 16.6. The van der Waals surface area contributed by atoms with Crippen molar-refractivity contribution in [3.05, 3.63) is 164 Å². The van der Waals surface area contributed by atoms with E-state index in [2.05, 4.69) is 187 Å². The molecule has 0 saturated heterocycles. The largest absolute Gasteiger partial charge is 0.491 e. The zero-order chi connectivity index (χ0) is 32.2. The lowest BCUT2D eigenvalue weighted by atomic mass is 9.98. The highest BCUT2D eigenvalue weighted by molar-refractivity contribution is 6.10. The van der Waals surface area contributed by atoms with Crippen LogP contribution >= 0.6 is 0 Å². The Labute approximate surface area is 279 Å². The van der Waals surface area contributed by atoms with E-state index in [9.17, 15) is 0 Å². The molecule has 230 valence electrons. The van der Waals surface area contributed by atoms with Crippen LogP contribution in [0.4, 0.5) is 0 Å². The number of benzene rings is 7. The topological polar surface area (TPSA) is 19.1 Å². The van der Waals surface area contributed by atoms with Gasteiger partial charge in [-0.2, -0.15) is 0 Å². The minimum atomic E-state index is 0.0726. The number of nitrogens with zero attached hydrogens (tertiary/aromatic N) is 2. The summed E-state index contributed by atoms with van der Waals surface area (Å²) in [4.78, 5) is 0. The van der Waals surface area contributed by atoms with Crippen LogP contribution in [0.15, 0.2) is 164 Å². The third-order valence-corrected chi connectivity index (χ3v) is 9.36. The molecule has 0 fully saturated rings. The Hall–Kier alpha value is -6.06. The van der Waals surface area contributed by atoms with E-state index in [-0.39, 0.29) is 6.10 Å². The standard InChI is InChI=1S/C45H34N2O/c1-30(2)48-37-28-33(31-19-23-35(24-20-31)46-42-15-7-3-11-38(42)39-12-4-8-16-43(39)46)27-34(29-37)32-21-25-36(26-22-32)47-44-17-9-5-13-40(44)41-14-6-10-18-45(41)47/h3-30H,1-2H3. The van der Waals surface area contributed by atoms with E-state index in [0.717, 1.165) is 39.4 Å². The van der Waals surface area contributed by atoms with Crippen molar-refractivity contribution >= 4 is 43.6 Å². The second-order valence-corrected chi connectivity index (χ2v) is 12.7. The molecule has 0 spiro atoms. The highest BCUT2D eigenvalue weighted by atomic mass is 16.5. The summed E-state index contributed by atoms with van der Waals surface area (Å²) in [5.41, 5.74) is 11.7. The first-order valence-electron chi connectivity index (χ1n) is 16.6. The van der Waals surface area contributed by atoms with Crippen molar-refractivity contribution in [2.24, 2.45) is 0 Å². The number of hydrogen-bond donors (Lipinski definition) is 0. The molecule has 0 amide bonds. The fourth-order valence-corrected chi connectivity index (χ4v) is 7.28. The third kappa shape index (κ3) is 4.66. The maximum Gasteiger partial charge on any atom is 0.120 e. The van der Waals surface area contributed by atoms with Gasteiger partial charge in [0.05, 0.1) is 28.2 Å². The Morgan fingerprint density at radius 2 is 0.708 bits per heavy atom. The number of ether oxygens (including phenoxy) is 1. The quantitative estimate of drug-likeness (QED) is 0.181. The van der Waals surface area contributed by atoms with Gasteiger partial charge in [-0.25, -0.2) is 0 Å². The van der Waals surface area contributed by atoms with Crippen molar-refractivity contribution in [2.75, 3.05) is 0 Å². The van der Waals surface area contributed by atoms with Gasteiger partial charge in [0.2, 0.25) is 0 Å². The van der Waals surface area contributed by atoms with E-state index in [0.29, 0.717) is 0 Å². The van der Waals surface area contributed by atoms with Crippen molar-refractivity contribution < 1.29 is 4.74 Å². The molecule has 7 aromatic carbocycles. The summed E-state index contributed by atoms with van der Waals surface area (Å²) in [5.74, 6) is 0.871. The summed E-state index contributed by atoms with van der Waals surface area (Å²) in [6.07, 6.45) is 0.0726. The lowest BCUT2D eigenvalue weighted by molar-refractivity contribution is 0.242. The minimum absolute atomic E-state index is 0.0726. The second-order valence-electron chi connectivity index (χ2n) is 12.7. The molecule has 0 bridgehead atoms. The van der Waals surface area contributed by atoms with Crippen LogP contribution in [0.1, 0.15) is 13.8 Å². The van der Waals surface area contributed by atoms with Gasteiger partial charge in [-0.1, -0.05) is 97.1 Å². The highest BCUT2D eigenvalue weighted by Crippen LogP contribution is 2.36. The predicted molar refractivity (Wildman–Crippen MR) is 202 cm³/mol. The summed E-state index contributed by atoms with van der Waals surface area (Å²) in [6.45, 7) is 4.15. The number of aromatic nitrogens is 2. The van der Waals surface area contributed by atoms with E-state index >= 15 is 0 Å². The smallest absolute Gasteiger partial charge is 0.120 e. The number of para-hydroxylation sites is 4. The van der Waals surface area contributed by atoms with Crippen molar-refractivity contribution in [3.63, 3.8) is 0 Å². The van der Waals surface area contributed by atoms with E-state index in [1.807, 2.05) is 0 Å². The van der Waals surface area contributed by atoms with Crippen LogP contribution in [0, 0.1) is 0 Å². The maximum absolute atomic E-state index is 6.29. The SMILES string of the molecule is CC(C)Oc1cc(-c2ccc(-n3c4ccccc4c4ccccc43)cc2)cc(-c2ccc(-n3c4ccccc4c4ccccc43)cc2)c1. The van der Waals surface area contributed by atoms with Crippen LogP contribution in [-0.2, 0) is 0 Å². The van der Waals surface area contributed by atoms with Crippen LogP contribution in [-0.4, -0.2) is 15.2 Å². The van der Waals surface area contributed by atoms with Gasteiger partial charge in [0.15, 0.2) is 0 Å². The van der Waals surface area contributed by atoms with Crippen molar-refractivity contribution in [1.29, 1.82) is 0 Å². The Bertz CT molecular complexity index is 2320. The van der Waals surface area contributed by atoms with E-state index in [1.54, 1.807) is 0 Å². The monoisotopic (exact) mass is 618 g/mol. The Kier molecular flexibility index (Phi) is 6.65. The molecule has 3 heteroatoms. The molecule has 0 N–H and O–H groups in total. The molecule has 0 aliphatic heterocycles. The first kappa shape index (κ1) is 28.2. The van der Waals surface area contributed by atoms with Gasteiger partial charge in [0.25, 0.3) is 0 Å². The molecule has 3 nitrogen and oxygen atoms in total. The molecule has 48 heavy (non-hydrogen) atoms. The van der Waals surface area contributed by atoms with E-state index in [4.69, 9.17) is 4.74 Å². The van der Waals surface area contributed by atoms with Crippen molar-refractivity contribution in [3.8, 4) is 39.4 Å². The van der Waals surface area contributed by atoms with Gasteiger partial charge in [-0.3, -0.25) is 0 Å². The second kappa shape index (κ2) is 11.3. The summed E-state index contributed by atoms with van der Waals surface area (Å²) in [5, 5.41) is 5.07. The number of fused-ring (bicyclic) bond motifs is 6. The summed E-state index contributed by atoms with van der Waals surface area (Å²) >= 11 is 0. The van der Waals surface area contributed by atoms with Gasteiger partial charge in [-0.05, 0) is 103 Å². The lowest BCUT2D eigenvalue weighted by Crippen LogP contribution is -2.05. The average molecular weight is 619 g/mol. The molecule has 2 heterocycles. The normalized spacial score (nSPS) is 11.7. The van der Waals surface area contributed by atoms with Gasteiger partial charge in [0.1, 0.15) is 5.75 Å². The van der Waals surface area contributed by atoms with Gasteiger partial charge in [0, 0.05) is 32.9 Å². The molecule has 9 rings (SSSR count). The van der Waals surface area contributed by atoms with Gasteiger partial charge < -0.3 is 13.9 Å². The van der Waals surface area contributed by atoms with Crippen LogP contribution in [0.3, 0.4) is 0 Å². The number of rotatable bonds is 6. The summed E-state index contributed by atoms with van der Waals surface area (Å²) in [7, 11) is 0. The zero-order valence-corrected chi connectivity index (χ0v) is 27.0. The molecule has 2 aromatic heterocycles. The fraction of sp³-hybridized carbons (Fsp3) is 0.0667. The maximum atomic E-state index is 6.29. The highest BCUT2D eigenvalue weighted by Gasteiger charge is 2.14. The van der Waals surface area contributed by atoms with E-state index in [1.165, 1.54) is 43.6 Å². The Morgan fingerprint density at radius 3 is 1.04 bits per heavy atom. The lowest BCUT2D eigenvalue weighted by Gasteiger charge is -2.15. The first-order chi connectivity index (χ1) is 23.6. The van der Waals surface area contributed by atoms with Crippen LogP contribution < -0.4 is 4.74 Å². The molecule has 0 aliphatic rings. The van der Waals surface area contributed by atoms with Gasteiger partial charge >= 0.3 is 0 Å². The van der Waals surface area contributed by atoms with Crippen molar-refractivity contribution in [1.82, 2.24) is 9.13 Å². The molecular weight excluding hydrogens is 585 g/mol.